The van der Waals surface area contributed by atoms with Gasteiger partial charge in [0.15, 0.2) is 0 Å². The molecule has 0 radical (unpaired) electrons. The van der Waals surface area contributed by atoms with Crippen LogP contribution in [0.3, 0.4) is 0 Å². The number of hydrogen-bond donors (Lipinski definition) is 0. The Hall–Kier alpha value is 0.829. The van der Waals surface area contributed by atoms with Gasteiger partial charge in [0.1, 0.15) is 0 Å². The van der Waals surface area contributed by atoms with Crippen LogP contribution in [0.5, 0.6) is 0 Å². The molecule has 0 spiro atoms. The zero-order valence-electron chi connectivity index (χ0n) is 7.10. The van der Waals surface area contributed by atoms with E-state index in [0.717, 1.165) is 0 Å². The topological polar surface area (TPSA) is 12.9 Å². The summed E-state index contributed by atoms with van der Waals surface area (Å²) in [6.07, 6.45) is 3.71. The summed E-state index contributed by atoms with van der Waals surface area (Å²) in [6.45, 7) is 4.08. The summed E-state index contributed by atoms with van der Waals surface area (Å²) in [5.74, 6) is 0. The van der Waals surface area contributed by atoms with Gasteiger partial charge in [-0.15, -0.1) is 0 Å². The zero-order valence-corrected chi connectivity index (χ0v) is 11.8. The van der Waals surface area contributed by atoms with Crippen molar-refractivity contribution in [1.29, 1.82) is 0 Å². The average molecular weight is 328 g/mol. The van der Waals surface area contributed by atoms with Gasteiger partial charge in [-0.1, -0.05) is 6.07 Å². The molecule has 0 unspecified atom stereocenters. The Morgan fingerprint density at radius 1 is 1.00 bits per heavy atom. The van der Waals surface area contributed by atoms with Gasteiger partial charge in [-0.05, 0) is 25.0 Å². The fourth-order valence-corrected chi connectivity index (χ4v) is 0.706. The minimum atomic E-state index is -2.86. The molecule has 0 aliphatic carbocycles. The minimum absolute atomic E-state index is 1.23. The first kappa shape index (κ1) is 13.8. The van der Waals surface area contributed by atoms with Gasteiger partial charge in [0.2, 0.25) is 0 Å². The van der Waals surface area contributed by atoms with Crippen molar-refractivity contribution in [3.8, 4) is 0 Å². The van der Waals surface area contributed by atoms with E-state index in [1.807, 2.05) is 26.2 Å². The first-order valence-corrected chi connectivity index (χ1v) is 12.3. The summed E-state index contributed by atoms with van der Waals surface area (Å²) < 4.78 is 0. The molecule has 13 heavy (non-hydrogen) atoms. The summed E-state index contributed by atoms with van der Waals surface area (Å²) in [5.41, 5.74) is 2.45. The fourth-order valence-electron chi connectivity index (χ4n) is 0.706. The van der Waals surface area contributed by atoms with Crippen LogP contribution < -0.4 is 0 Å². The second-order valence-corrected chi connectivity index (χ2v) is 18.4. The number of pyridine rings is 1. The maximum atomic E-state index is 4.98. The Bertz CT molecular complexity index is 238. The van der Waals surface area contributed by atoms with Crippen molar-refractivity contribution in [3.05, 3.63) is 29.6 Å². The Morgan fingerprint density at radius 3 is 1.46 bits per heavy atom. The van der Waals surface area contributed by atoms with Crippen LogP contribution in [-0.4, -0.2) is 14.2 Å². The second kappa shape index (κ2) is 6.34. The Balaban J connectivity index is 0.000000252. The van der Waals surface area contributed by atoms with Gasteiger partial charge < -0.3 is 0 Å². The van der Waals surface area contributed by atoms with Crippen molar-refractivity contribution in [2.75, 3.05) is 0 Å². The predicted molar refractivity (Wildman–Crippen MR) is 62.9 cm³/mol. The molecule has 1 aromatic heterocycles. The number of nitrogens with zero attached hydrogens (tertiary/aromatic N) is 1. The molecule has 0 aromatic carbocycles. The summed E-state index contributed by atoms with van der Waals surface area (Å²) >= 11 is 0. The Labute approximate surface area is 97.5 Å². The molecule has 76 valence electrons. The predicted octanol–water partition coefficient (Wildman–Crippen LogP) is 4.08. The summed E-state index contributed by atoms with van der Waals surface area (Å²) in [4.78, 5) is 3.98. The van der Waals surface area contributed by atoms with Gasteiger partial charge in [0.05, 0.1) is 0 Å². The van der Waals surface area contributed by atoms with Crippen molar-refractivity contribution < 1.29 is 0 Å². The standard InChI is InChI=1S/C7H9N.Cl4Se/c1-6-3-7(2)5-8-4-6;1-5(2,3)4/h3-5H,1-2H3;. The van der Waals surface area contributed by atoms with E-state index in [1.165, 1.54) is 11.1 Å². The van der Waals surface area contributed by atoms with Gasteiger partial charge in [-0.3, -0.25) is 4.98 Å². The van der Waals surface area contributed by atoms with Crippen molar-refractivity contribution in [2.45, 2.75) is 13.8 Å². The molecule has 0 N–H and O–H groups in total. The number of hydrogen-bond acceptors (Lipinski definition) is 1. The number of rotatable bonds is 0. The van der Waals surface area contributed by atoms with Gasteiger partial charge >= 0.3 is 49.6 Å². The Kier molecular flexibility index (Phi) is 6.74. The molecule has 6 heteroatoms. The van der Waals surface area contributed by atoms with Crippen molar-refractivity contribution >= 4 is 49.6 Å². The van der Waals surface area contributed by atoms with E-state index in [1.54, 1.807) is 0 Å². The van der Waals surface area contributed by atoms with Crippen LogP contribution in [0.15, 0.2) is 18.5 Å². The monoisotopic (exact) mass is 327 g/mol. The molecule has 0 amide bonds. The summed E-state index contributed by atoms with van der Waals surface area (Å²) in [6, 6.07) is 2.10. The molecule has 1 rings (SSSR count). The third-order valence-electron chi connectivity index (χ3n) is 1.01. The summed E-state index contributed by atoms with van der Waals surface area (Å²) in [5, 5.41) is 0. The van der Waals surface area contributed by atoms with Crippen LogP contribution in [0.25, 0.3) is 0 Å². The van der Waals surface area contributed by atoms with E-state index in [4.69, 9.17) is 40.4 Å². The van der Waals surface area contributed by atoms with Gasteiger partial charge in [-0.2, -0.15) is 0 Å². The number of halogens is 4. The van der Waals surface area contributed by atoms with Gasteiger partial charge in [0.25, 0.3) is 0 Å². The molecule has 1 heterocycles. The molecule has 1 aromatic rings. The van der Waals surface area contributed by atoms with Crippen molar-refractivity contribution in [2.24, 2.45) is 0 Å². The first-order chi connectivity index (χ1) is 5.79. The molecule has 0 fully saturated rings. The Morgan fingerprint density at radius 2 is 1.31 bits per heavy atom. The molecular weight excluding hydrogens is 319 g/mol. The van der Waals surface area contributed by atoms with E-state index < -0.39 is 9.20 Å². The SMILES string of the molecule is Cc1cncc(C)c1.Cl[Se](Cl)(Cl)Cl. The molecule has 0 saturated heterocycles. The van der Waals surface area contributed by atoms with Crippen molar-refractivity contribution in [1.82, 2.24) is 4.98 Å². The third-order valence-corrected chi connectivity index (χ3v) is 1.01. The quantitative estimate of drug-likeness (QED) is 0.654. The van der Waals surface area contributed by atoms with Crippen LogP contribution in [0.4, 0.5) is 0 Å². The van der Waals surface area contributed by atoms with Crippen LogP contribution in [0, 0.1) is 13.8 Å². The molecule has 0 atom stereocenters. The number of aromatic nitrogens is 1. The van der Waals surface area contributed by atoms with E-state index in [0.29, 0.717) is 0 Å². The second-order valence-electron chi connectivity index (χ2n) is 2.39. The normalized spacial score (nSPS) is 11.5. The van der Waals surface area contributed by atoms with E-state index >= 15 is 0 Å². The van der Waals surface area contributed by atoms with E-state index in [2.05, 4.69) is 11.1 Å². The average Bonchev–Trinajstić information content (AvgIpc) is 1.81. The third kappa shape index (κ3) is 12.8. The van der Waals surface area contributed by atoms with Crippen LogP contribution in [0.1, 0.15) is 11.1 Å². The maximum absolute atomic E-state index is 4.98. The molecule has 0 bridgehead atoms. The van der Waals surface area contributed by atoms with E-state index in [9.17, 15) is 0 Å². The zero-order chi connectivity index (χ0) is 10.5. The number of aryl methyl sites for hydroxylation is 2. The van der Waals surface area contributed by atoms with E-state index in [-0.39, 0.29) is 0 Å². The molecule has 0 aliphatic heterocycles. The fraction of sp³-hybridized carbons (Fsp3) is 0.286. The van der Waals surface area contributed by atoms with Gasteiger partial charge in [-0.25, -0.2) is 0 Å². The first-order valence-electron chi connectivity index (χ1n) is 3.29. The van der Waals surface area contributed by atoms with Crippen molar-refractivity contribution in [3.63, 3.8) is 0 Å². The van der Waals surface area contributed by atoms with Crippen LogP contribution in [-0.2, 0) is 0 Å². The van der Waals surface area contributed by atoms with Gasteiger partial charge in [0, 0.05) is 12.4 Å². The van der Waals surface area contributed by atoms with Crippen LogP contribution in [0.2, 0.25) is 0 Å². The molecule has 0 saturated carbocycles. The molecular formula is C7H9Cl4NSe. The molecule has 0 aliphatic rings. The summed E-state index contributed by atoms with van der Waals surface area (Å²) in [7, 11) is 17.1. The molecule has 1 nitrogen and oxygen atoms in total. The van der Waals surface area contributed by atoms with Crippen LogP contribution >= 0.6 is 40.4 Å².